The summed E-state index contributed by atoms with van der Waals surface area (Å²) < 4.78 is 11.7. The summed E-state index contributed by atoms with van der Waals surface area (Å²) >= 11 is 0. The van der Waals surface area contributed by atoms with Crippen LogP contribution in [-0.4, -0.2) is 63.9 Å². The van der Waals surface area contributed by atoms with Gasteiger partial charge in [0.1, 0.15) is 17.9 Å². The number of aromatic nitrogens is 3. The summed E-state index contributed by atoms with van der Waals surface area (Å²) in [5, 5.41) is 9.92. The van der Waals surface area contributed by atoms with Crippen LogP contribution in [0.2, 0.25) is 0 Å². The Morgan fingerprint density at radius 3 is 2.59 bits per heavy atom. The van der Waals surface area contributed by atoms with Crippen molar-refractivity contribution in [1.29, 1.82) is 0 Å². The molecule has 3 aromatic rings. The van der Waals surface area contributed by atoms with Crippen molar-refractivity contribution in [2.45, 2.75) is 52.6 Å². The second-order valence-electron chi connectivity index (χ2n) is 9.27. The Bertz CT molecular complexity index is 1430. The first-order valence-electron chi connectivity index (χ1n) is 12.5. The second kappa shape index (κ2) is 11.5. The molecule has 0 spiro atoms. The maximum Gasteiger partial charge on any atom is 0.423 e. The first-order valence-corrected chi connectivity index (χ1v) is 12.5. The Balaban J connectivity index is 1.80. The van der Waals surface area contributed by atoms with Gasteiger partial charge in [0.15, 0.2) is 5.82 Å². The van der Waals surface area contributed by atoms with Gasteiger partial charge in [0, 0.05) is 24.3 Å². The lowest BCUT2D eigenvalue weighted by molar-refractivity contribution is -0.152. The topological polar surface area (TPSA) is 170 Å². The van der Waals surface area contributed by atoms with Crippen LogP contribution in [0.25, 0.3) is 5.52 Å². The van der Waals surface area contributed by atoms with E-state index in [4.69, 9.17) is 15.2 Å². The van der Waals surface area contributed by atoms with E-state index in [1.165, 1.54) is 23.8 Å². The molecule has 0 radical (unpaired) electrons. The van der Waals surface area contributed by atoms with Gasteiger partial charge in [0.05, 0.1) is 11.3 Å². The van der Waals surface area contributed by atoms with Gasteiger partial charge in [-0.2, -0.15) is 5.10 Å². The number of esters is 1. The Morgan fingerprint density at radius 2 is 1.92 bits per heavy atom. The molecular weight excluding hydrogens is 506 g/mol. The number of rotatable bonds is 9. The fourth-order valence-corrected chi connectivity index (χ4v) is 3.91. The van der Waals surface area contributed by atoms with Crippen molar-refractivity contribution in [2.75, 3.05) is 18.2 Å². The van der Waals surface area contributed by atoms with Crippen molar-refractivity contribution >= 4 is 40.9 Å². The highest BCUT2D eigenvalue weighted by Crippen LogP contribution is 2.34. The molecule has 4 rings (SSSR count). The number of fused-ring (bicyclic) bond motifs is 1. The number of nitrogens with zero attached hydrogens (tertiary/aromatic N) is 4. The van der Waals surface area contributed by atoms with E-state index in [0.29, 0.717) is 40.0 Å². The van der Waals surface area contributed by atoms with Crippen LogP contribution in [0.1, 0.15) is 58.5 Å². The van der Waals surface area contributed by atoms with Crippen LogP contribution in [0, 0.1) is 13.8 Å². The third-order valence-electron chi connectivity index (χ3n) is 6.16. The predicted molar refractivity (Wildman–Crippen MR) is 141 cm³/mol. The van der Waals surface area contributed by atoms with Gasteiger partial charge in [-0.25, -0.2) is 19.2 Å². The molecule has 1 fully saturated rings. The summed E-state index contributed by atoms with van der Waals surface area (Å²) in [7, 11) is 0. The van der Waals surface area contributed by atoms with Gasteiger partial charge in [0.2, 0.25) is 6.79 Å². The van der Waals surface area contributed by atoms with Gasteiger partial charge in [-0.15, -0.1) is 0 Å². The lowest BCUT2D eigenvalue weighted by Gasteiger charge is -2.24. The van der Waals surface area contributed by atoms with Crippen LogP contribution in [0.3, 0.4) is 0 Å². The number of carbonyl (C=O) groups excluding carboxylic acids is 4. The van der Waals surface area contributed by atoms with Crippen LogP contribution in [0.4, 0.5) is 16.3 Å². The summed E-state index contributed by atoms with van der Waals surface area (Å²) in [6.07, 6.45) is 3.73. The normalized spacial score (nSPS) is 13.5. The van der Waals surface area contributed by atoms with Crippen molar-refractivity contribution in [3.8, 4) is 0 Å². The Morgan fingerprint density at radius 1 is 1.18 bits per heavy atom. The first kappa shape index (κ1) is 27.5. The van der Waals surface area contributed by atoms with Crippen LogP contribution in [0.15, 0.2) is 30.7 Å². The lowest BCUT2D eigenvalue weighted by atomic mass is 10.1. The van der Waals surface area contributed by atoms with Gasteiger partial charge in [0.25, 0.3) is 11.8 Å². The minimum Gasteiger partial charge on any atom is -0.427 e. The maximum atomic E-state index is 13.5. The molecule has 1 aliphatic rings. The van der Waals surface area contributed by atoms with E-state index in [-0.39, 0.29) is 23.7 Å². The number of nitrogens with two attached hydrogens (primary N) is 1. The van der Waals surface area contributed by atoms with Crippen molar-refractivity contribution < 1.29 is 28.7 Å². The molecule has 2 aromatic heterocycles. The number of ether oxygens (including phenoxy) is 2. The molecule has 3 amide bonds. The molecule has 0 saturated heterocycles. The van der Waals surface area contributed by atoms with E-state index in [0.717, 1.165) is 17.7 Å². The molecule has 13 nitrogen and oxygen atoms in total. The highest BCUT2D eigenvalue weighted by atomic mass is 16.7. The quantitative estimate of drug-likeness (QED) is 0.273. The molecule has 13 heteroatoms. The summed E-state index contributed by atoms with van der Waals surface area (Å²) in [4.78, 5) is 56.3. The average molecular weight is 538 g/mol. The molecule has 2 heterocycles. The largest absolute Gasteiger partial charge is 0.427 e. The van der Waals surface area contributed by atoms with Crippen molar-refractivity contribution in [3.63, 3.8) is 0 Å². The Labute approximate surface area is 224 Å². The zero-order chi connectivity index (χ0) is 28.3. The number of amides is 3. The summed E-state index contributed by atoms with van der Waals surface area (Å²) in [5.74, 6) is -1.23. The molecule has 0 bridgehead atoms. The van der Waals surface area contributed by atoms with E-state index in [1.807, 2.05) is 0 Å². The summed E-state index contributed by atoms with van der Waals surface area (Å²) in [5.41, 5.74) is 8.05. The van der Waals surface area contributed by atoms with E-state index >= 15 is 0 Å². The number of benzene rings is 1. The van der Waals surface area contributed by atoms with E-state index in [9.17, 15) is 19.2 Å². The molecule has 4 N–H and O–H groups in total. The van der Waals surface area contributed by atoms with Crippen molar-refractivity contribution in [2.24, 2.45) is 5.73 Å². The van der Waals surface area contributed by atoms with Gasteiger partial charge in [-0.3, -0.25) is 14.4 Å². The molecule has 1 unspecified atom stereocenters. The fourth-order valence-electron chi connectivity index (χ4n) is 3.91. The van der Waals surface area contributed by atoms with Crippen LogP contribution >= 0.6 is 0 Å². The summed E-state index contributed by atoms with van der Waals surface area (Å²) in [6.45, 7) is 6.45. The van der Waals surface area contributed by atoms with E-state index < -0.39 is 24.9 Å². The number of aryl methyl sites for hydroxylation is 2. The zero-order valence-corrected chi connectivity index (χ0v) is 22.2. The third kappa shape index (κ3) is 5.98. The SMILES string of the molecule is CCNC(=O)c1ccc(C)c(N(C(=O)OCOC(=O)C(C)N)c2ncnn3cc(C(=O)NC4CC4)c(C)c23)c1. The third-order valence-corrected chi connectivity index (χ3v) is 6.16. The molecule has 1 aliphatic carbocycles. The number of nitrogens with one attached hydrogen (secondary N) is 2. The highest BCUT2D eigenvalue weighted by Gasteiger charge is 2.30. The first-order chi connectivity index (χ1) is 18.6. The minimum absolute atomic E-state index is 0.104. The Hall–Kier alpha value is -4.52. The predicted octanol–water partition coefficient (Wildman–Crippen LogP) is 2.11. The summed E-state index contributed by atoms with van der Waals surface area (Å²) in [6, 6.07) is 4.11. The van der Waals surface area contributed by atoms with Crippen molar-refractivity contribution in [1.82, 2.24) is 25.2 Å². The molecule has 1 atom stereocenters. The van der Waals surface area contributed by atoms with Gasteiger partial charge in [-0.1, -0.05) is 6.07 Å². The van der Waals surface area contributed by atoms with Crippen LogP contribution < -0.4 is 21.3 Å². The van der Waals surface area contributed by atoms with Crippen LogP contribution in [0.5, 0.6) is 0 Å². The molecule has 39 heavy (non-hydrogen) atoms. The van der Waals surface area contributed by atoms with Gasteiger partial charge in [-0.05, 0) is 63.8 Å². The second-order valence-corrected chi connectivity index (χ2v) is 9.27. The monoisotopic (exact) mass is 537 g/mol. The number of hydrogen-bond acceptors (Lipinski definition) is 9. The smallest absolute Gasteiger partial charge is 0.423 e. The molecule has 1 saturated carbocycles. The number of anilines is 2. The standard InChI is InChI=1S/C26H31N7O6/c1-5-28-23(34)17-7-6-14(2)20(10-17)33(26(37)39-13-38-25(36)16(4)27)22-21-15(3)19(11-32(21)30-12-29-22)24(35)31-18-8-9-18/h6-7,10-12,16,18H,5,8-9,13,27H2,1-4H3,(H,28,34)(H,31,35). The van der Waals surface area contributed by atoms with Crippen molar-refractivity contribution in [3.05, 3.63) is 53.0 Å². The average Bonchev–Trinajstić information content (AvgIpc) is 3.65. The number of hydrogen-bond donors (Lipinski definition) is 3. The molecule has 1 aromatic carbocycles. The van der Waals surface area contributed by atoms with Crippen LogP contribution in [-0.2, 0) is 14.3 Å². The highest BCUT2D eigenvalue weighted by molar-refractivity contribution is 6.05. The zero-order valence-electron chi connectivity index (χ0n) is 22.2. The van der Waals surface area contributed by atoms with E-state index in [2.05, 4.69) is 20.7 Å². The van der Waals surface area contributed by atoms with Gasteiger partial charge >= 0.3 is 12.1 Å². The molecule has 206 valence electrons. The fraction of sp³-hybridized carbons (Fsp3) is 0.385. The van der Waals surface area contributed by atoms with Gasteiger partial charge < -0.3 is 25.8 Å². The maximum absolute atomic E-state index is 13.5. The molecule has 0 aliphatic heterocycles. The Kier molecular flexibility index (Phi) is 8.10. The lowest BCUT2D eigenvalue weighted by Crippen LogP contribution is -2.33. The van der Waals surface area contributed by atoms with E-state index in [1.54, 1.807) is 39.1 Å². The molecular formula is C26H31N7O6. The minimum atomic E-state index is -0.936. The number of carbonyl (C=O) groups is 4.